The zero-order chi connectivity index (χ0) is 30.3. The second kappa shape index (κ2) is 18.1. The average Bonchev–Trinajstić information content (AvgIpc) is 2.96. The van der Waals surface area contributed by atoms with Crippen LogP contribution in [0.2, 0.25) is 0 Å². The van der Waals surface area contributed by atoms with Gasteiger partial charge in [-0.3, -0.25) is 4.79 Å². The smallest absolute Gasteiger partial charge is 0.333 e. The van der Waals surface area contributed by atoms with Gasteiger partial charge in [0.1, 0.15) is 5.78 Å². The number of benzene rings is 2. The Morgan fingerprint density at radius 3 is 2.24 bits per heavy atom. The van der Waals surface area contributed by atoms with E-state index in [0.29, 0.717) is 43.3 Å². The van der Waals surface area contributed by atoms with Gasteiger partial charge in [-0.15, -0.1) is 0 Å². The number of Topliss-reactive ketones (excluding diaryl/α,β-unsaturated/α-hetero) is 1. The molecule has 0 spiro atoms. The SMILES string of the molecule is C=C(C)C(=O)OCCCc1cc(-c2c(C)cc(CCCCCCCC)cc2C)ccc1CCOCC1CCC(=O)CC1. The van der Waals surface area contributed by atoms with E-state index in [4.69, 9.17) is 9.47 Å². The molecule has 0 amide bonds. The number of esters is 1. The van der Waals surface area contributed by atoms with E-state index in [1.165, 1.54) is 77.5 Å². The maximum atomic E-state index is 11.9. The van der Waals surface area contributed by atoms with Gasteiger partial charge in [0.2, 0.25) is 0 Å². The molecule has 4 nitrogen and oxygen atoms in total. The normalized spacial score (nSPS) is 13.9. The lowest BCUT2D eigenvalue weighted by atomic mass is 9.89. The van der Waals surface area contributed by atoms with Crippen molar-refractivity contribution in [2.45, 2.75) is 118 Å². The molecule has 1 fully saturated rings. The van der Waals surface area contributed by atoms with E-state index in [0.717, 1.165) is 45.1 Å². The van der Waals surface area contributed by atoms with Crippen LogP contribution in [-0.2, 0) is 38.3 Å². The first-order chi connectivity index (χ1) is 20.3. The quantitative estimate of drug-likeness (QED) is 0.101. The maximum Gasteiger partial charge on any atom is 0.333 e. The third-order valence-electron chi connectivity index (χ3n) is 8.61. The third kappa shape index (κ3) is 11.2. The van der Waals surface area contributed by atoms with Crippen LogP contribution < -0.4 is 0 Å². The lowest BCUT2D eigenvalue weighted by Crippen LogP contribution is -2.19. The van der Waals surface area contributed by atoms with Gasteiger partial charge >= 0.3 is 5.97 Å². The van der Waals surface area contributed by atoms with Crippen molar-refractivity contribution in [1.29, 1.82) is 0 Å². The summed E-state index contributed by atoms with van der Waals surface area (Å²) in [5, 5.41) is 0. The van der Waals surface area contributed by atoms with Gasteiger partial charge in [-0.25, -0.2) is 4.79 Å². The van der Waals surface area contributed by atoms with Gasteiger partial charge in [-0.1, -0.05) is 75.9 Å². The first-order valence-corrected chi connectivity index (χ1v) is 16.4. The molecular weight excluding hydrogens is 520 g/mol. The average molecular weight is 575 g/mol. The number of unbranched alkanes of at least 4 members (excludes halogenated alkanes) is 5. The van der Waals surface area contributed by atoms with Crippen molar-refractivity contribution >= 4 is 11.8 Å². The van der Waals surface area contributed by atoms with Crippen LogP contribution in [-0.4, -0.2) is 31.6 Å². The molecule has 0 heterocycles. The minimum absolute atomic E-state index is 0.325. The number of hydrogen-bond acceptors (Lipinski definition) is 4. The largest absolute Gasteiger partial charge is 0.462 e. The summed E-state index contributed by atoms with van der Waals surface area (Å²) in [6.45, 7) is 13.9. The molecule has 0 unspecified atom stereocenters. The minimum Gasteiger partial charge on any atom is -0.462 e. The molecule has 230 valence electrons. The highest BCUT2D eigenvalue weighted by molar-refractivity contribution is 5.86. The summed E-state index contributed by atoms with van der Waals surface area (Å²) >= 11 is 0. The second-order valence-corrected chi connectivity index (χ2v) is 12.4. The lowest BCUT2D eigenvalue weighted by Gasteiger charge is -2.21. The first-order valence-electron chi connectivity index (χ1n) is 16.4. The molecule has 2 aromatic rings. The molecule has 2 aromatic carbocycles. The number of ketones is 1. The predicted molar refractivity (Wildman–Crippen MR) is 174 cm³/mol. The van der Waals surface area contributed by atoms with Gasteiger partial charge in [-0.05, 0) is 111 Å². The molecule has 4 heteroatoms. The van der Waals surface area contributed by atoms with E-state index in [-0.39, 0.29) is 5.97 Å². The standard InChI is InChI=1S/C38H54O4/c1-6-7-8-9-10-11-13-32-24-29(4)37(30(5)25-32)35-18-17-33(21-23-41-27-31-15-19-36(39)20-16-31)34(26-35)14-12-22-42-38(40)28(2)3/h17-18,24-26,31H,2,6-16,19-23,27H2,1,3-5H3. The topological polar surface area (TPSA) is 52.6 Å². The Morgan fingerprint density at radius 2 is 1.55 bits per heavy atom. The fraction of sp³-hybridized carbons (Fsp3) is 0.579. The summed E-state index contributed by atoms with van der Waals surface area (Å²) in [4.78, 5) is 23.4. The highest BCUT2D eigenvalue weighted by atomic mass is 16.5. The molecule has 0 N–H and O–H groups in total. The molecular formula is C38H54O4. The first kappa shape index (κ1) is 33.8. The second-order valence-electron chi connectivity index (χ2n) is 12.4. The van der Waals surface area contributed by atoms with Crippen LogP contribution in [0.1, 0.15) is 112 Å². The summed E-state index contributed by atoms with van der Waals surface area (Å²) in [6.07, 6.45) is 14.9. The molecule has 0 radical (unpaired) electrons. The molecule has 1 saturated carbocycles. The van der Waals surface area contributed by atoms with Crippen LogP contribution in [0.25, 0.3) is 11.1 Å². The number of carbonyl (C=O) groups excluding carboxylic acids is 2. The van der Waals surface area contributed by atoms with Gasteiger partial charge < -0.3 is 9.47 Å². The lowest BCUT2D eigenvalue weighted by molar-refractivity contribution is -0.139. The van der Waals surface area contributed by atoms with Gasteiger partial charge in [0.15, 0.2) is 0 Å². The van der Waals surface area contributed by atoms with E-state index in [2.05, 4.69) is 57.7 Å². The molecule has 0 aromatic heterocycles. The van der Waals surface area contributed by atoms with Crippen LogP contribution in [0.5, 0.6) is 0 Å². The highest BCUT2D eigenvalue weighted by Gasteiger charge is 2.19. The number of aryl methyl sites for hydroxylation is 4. The van der Waals surface area contributed by atoms with Crippen molar-refractivity contribution in [1.82, 2.24) is 0 Å². The molecule has 42 heavy (non-hydrogen) atoms. The summed E-state index contributed by atoms with van der Waals surface area (Å²) in [6, 6.07) is 11.6. The van der Waals surface area contributed by atoms with Gasteiger partial charge in [0.05, 0.1) is 13.2 Å². The monoisotopic (exact) mass is 574 g/mol. The van der Waals surface area contributed by atoms with Crippen LogP contribution in [0.4, 0.5) is 0 Å². The van der Waals surface area contributed by atoms with E-state index >= 15 is 0 Å². The molecule has 0 aliphatic heterocycles. The summed E-state index contributed by atoms with van der Waals surface area (Å²) in [5.74, 6) is 0.569. The van der Waals surface area contributed by atoms with Crippen molar-refractivity contribution in [3.05, 3.63) is 70.3 Å². The number of carbonyl (C=O) groups is 2. The Hall–Kier alpha value is -2.72. The molecule has 0 saturated heterocycles. The fourth-order valence-corrected chi connectivity index (χ4v) is 6.17. The molecule has 0 bridgehead atoms. The van der Waals surface area contributed by atoms with Gasteiger partial charge in [0.25, 0.3) is 0 Å². The van der Waals surface area contributed by atoms with Crippen molar-refractivity contribution in [3.8, 4) is 11.1 Å². The minimum atomic E-state index is -0.325. The zero-order valence-electron chi connectivity index (χ0n) is 26.8. The van der Waals surface area contributed by atoms with E-state index in [9.17, 15) is 9.59 Å². The highest BCUT2D eigenvalue weighted by Crippen LogP contribution is 2.31. The summed E-state index contributed by atoms with van der Waals surface area (Å²) in [7, 11) is 0. The Balaban J connectivity index is 1.67. The Bertz CT molecular complexity index is 1140. The van der Waals surface area contributed by atoms with Crippen LogP contribution in [0, 0.1) is 19.8 Å². The van der Waals surface area contributed by atoms with Crippen LogP contribution in [0.3, 0.4) is 0 Å². The third-order valence-corrected chi connectivity index (χ3v) is 8.61. The van der Waals surface area contributed by atoms with Crippen molar-refractivity contribution in [2.75, 3.05) is 19.8 Å². The fourth-order valence-electron chi connectivity index (χ4n) is 6.17. The maximum absolute atomic E-state index is 11.9. The summed E-state index contributed by atoms with van der Waals surface area (Å²) < 4.78 is 11.5. The number of ether oxygens (including phenoxy) is 2. The zero-order valence-corrected chi connectivity index (χ0v) is 26.8. The Labute approximate surface area is 255 Å². The summed E-state index contributed by atoms with van der Waals surface area (Å²) in [5.41, 5.74) is 9.70. The van der Waals surface area contributed by atoms with E-state index in [1.54, 1.807) is 6.92 Å². The van der Waals surface area contributed by atoms with Gasteiger partial charge in [0, 0.05) is 25.0 Å². The Morgan fingerprint density at radius 1 is 0.857 bits per heavy atom. The molecule has 1 aliphatic rings. The predicted octanol–water partition coefficient (Wildman–Crippen LogP) is 9.24. The van der Waals surface area contributed by atoms with Gasteiger partial charge in [-0.2, -0.15) is 0 Å². The molecule has 3 rings (SSSR count). The van der Waals surface area contributed by atoms with E-state index < -0.39 is 0 Å². The van der Waals surface area contributed by atoms with E-state index in [1.807, 2.05) is 0 Å². The molecule has 1 aliphatic carbocycles. The number of hydrogen-bond donors (Lipinski definition) is 0. The molecule has 0 atom stereocenters. The van der Waals surface area contributed by atoms with Crippen LogP contribution >= 0.6 is 0 Å². The van der Waals surface area contributed by atoms with Crippen molar-refractivity contribution in [2.24, 2.45) is 5.92 Å². The van der Waals surface area contributed by atoms with Crippen molar-refractivity contribution in [3.63, 3.8) is 0 Å². The number of rotatable bonds is 18. The Kier molecular flexibility index (Phi) is 14.5. The van der Waals surface area contributed by atoms with Crippen LogP contribution in [0.15, 0.2) is 42.5 Å². The van der Waals surface area contributed by atoms with Crippen molar-refractivity contribution < 1.29 is 19.1 Å².